The van der Waals surface area contributed by atoms with E-state index in [4.69, 9.17) is 0 Å². The van der Waals surface area contributed by atoms with E-state index in [0.29, 0.717) is 18.0 Å². The van der Waals surface area contributed by atoms with Gasteiger partial charge in [0, 0.05) is 24.9 Å². The largest absolute Gasteiger partial charge is 0.346 e. The summed E-state index contributed by atoms with van der Waals surface area (Å²) >= 11 is 0. The van der Waals surface area contributed by atoms with Gasteiger partial charge in [-0.3, -0.25) is 4.79 Å². The van der Waals surface area contributed by atoms with Crippen LogP contribution in [0.2, 0.25) is 0 Å². The number of nitrogens with one attached hydrogen (secondary N) is 1. The van der Waals surface area contributed by atoms with Crippen LogP contribution in [0.5, 0.6) is 0 Å². The first kappa shape index (κ1) is 18.0. The first-order chi connectivity index (χ1) is 13.2. The van der Waals surface area contributed by atoms with Gasteiger partial charge in [-0.25, -0.2) is 19.9 Å². The molecule has 1 saturated heterocycles. The molecular formula is C20H26N6O. The van der Waals surface area contributed by atoms with Crippen molar-refractivity contribution in [3.05, 3.63) is 47.6 Å². The molecule has 2 aliphatic rings. The van der Waals surface area contributed by atoms with Crippen molar-refractivity contribution in [1.29, 1.82) is 0 Å². The summed E-state index contributed by atoms with van der Waals surface area (Å²) in [5, 5.41) is 2.94. The van der Waals surface area contributed by atoms with E-state index in [1.807, 2.05) is 6.92 Å². The molecule has 0 radical (unpaired) electrons. The fourth-order valence-corrected chi connectivity index (χ4v) is 3.72. The number of nitrogens with zero attached hydrogens (tertiary/aromatic N) is 5. The van der Waals surface area contributed by atoms with Crippen LogP contribution >= 0.6 is 0 Å². The summed E-state index contributed by atoms with van der Waals surface area (Å²) in [7, 11) is 0. The van der Waals surface area contributed by atoms with Crippen LogP contribution in [0.4, 0.5) is 0 Å². The van der Waals surface area contributed by atoms with Gasteiger partial charge in [0.15, 0.2) is 0 Å². The van der Waals surface area contributed by atoms with Gasteiger partial charge in [0.05, 0.1) is 23.5 Å². The lowest BCUT2D eigenvalue weighted by atomic mass is 9.90. The zero-order valence-electron chi connectivity index (χ0n) is 15.8. The predicted molar refractivity (Wildman–Crippen MR) is 101 cm³/mol. The van der Waals surface area contributed by atoms with Gasteiger partial charge >= 0.3 is 0 Å². The van der Waals surface area contributed by atoms with Gasteiger partial charge < -0.3 is 10.2 Å². The van der Waals surface area contributed by atoms with Crippen molar-refractivity contribution in [3.8, 4) is 0 Å². The van der Waals surface area contributed by atoms with E-state index in [0.717, 1.165) is 49.1 Å². The van der Waals surface area contributed by atoms with Gasteiger partial charge in [0.1, 0.15) is 12.2 Å². The first-order valence-electron chi connectivity index (χ1n) is 9.78. The van der Waals surface area contributed by atoms with E-state index < -0.39 is 0 Å². The molecule has 1 aliphatic heterocycles. The van der Waals surface area contributed by atoms with Crippen molar-refractivity contribution in [2.24, 2.45) is 5.92 Å². The minimum absolute atomic E-state index is 0.135. The maximum atomic E-state index is 12.8. The Labute approximate surface area is 159 Å². The molecule has 0 atom stereocenters. The first-order valence-corrected chi connectivity index (χ1v) is 9.78. The smallest absolute Gasteiger partial charge is 0.255 e. The molecule has 1 N–H and O–H groups in total. The van der Waals surface area contributed by atoms with E-state index in [-0.39, 0.29) is 5.91 Å². The molecule has 0 aromatic carbocycles. The molecule has 0 spiro atoms. The molecule has 1 amide bonds. The van der Waals surface area contributed by atoms with Crippen molar-refractivity contribution in [2.75, 3.05) is 19.6 Å². The molecule has 2 fully saturated rings. The highest BCUT2D eigenvalue weighted by atomic mass is 16.1. The van der Waals surface area contributed by atoms with Crippen molar-refractivity contribution >= 4 is 5.91 Å². The monoisotopic (exact) mass is 366 g/mol. The molecule has 2 aromatic heterocycles. The highest BCUT2D eigenvalue weighted by Crippen LogP contribution is 2.33. The van der Waals surface area contributed by atoms with Crippen LogP contribution < -0.4 is 5.32 Å². The Morgan fingerprint density at radius 2 is 2.04 bits per heavy atom. The second-order valence-electron chi connectivity index (χ2n) is 7.62. The van der Waals surface area contributed by atoms with Gasteiger partial charge in [-0.2, -0.15) is 0 Å². The van der Waals surface area contributed by atoms with Crippen LogP contribution in [-0.2, 0) is 6.54 Å². The molecule has 1 aliphatic carbocycles. The number of hydrogen-bond acceptors (Lipinski definition) is 6. The molecule has 7 nitrogen and oxygen atoms in total. The average molecular weight is 366 g/mol. The second kappa shape index (κ2) is 8.08. The number of hydrogen-bond donors (Lipinski definition) is 1. The molecule has 142 valence electrons. The summed E-state index contributed by atoms with van der Waals surface area (Å²) in [6.45, 7) is 5.67. The van der Waals surface area contributed by atoms with Crippen molar-refractivity contribution in [3.63, 3.8) is 0 Å². The van der Waals surface area contributed by atoms with E-state index in [9.17, 15) is 4.79 Å². The zero-order chi connectivity index (χ0) is 18.6. The molecule has 27 heavy (non-hydrogen) atoms. The molecule has 2 aromatic rings. The van der Waals surface area contributed by atoms with Crippen LogP contribution in [0.1, 0.15) is 59.2 Å². The van der Waals surface area contributed by atoms with Crippen LogP contribution in [0.15, 0.2) is 24.8 Å². The number of aryl methyl sites for hydroxylation is 1. The Morgan fingerprint density at radius 3 is 2.74 bits per heavy atom. The third-order valence-corrected chi connectivity index (χ3v) is 5.44. The summed E-state index contributed by atoms with van der Waals surface area (Å²) in [5.41, 5.74) is 2.27. The minimum atomic E-state index is -0.135. The Morgan fingerprint density at radius 1 is 1.22 bits per heavy atom. The van der Waals surface area contributed by atoms with Crippen molar-refractivity contribution in [2.45, 2.75) is 45.1 Å². The van der Waals surface area contributed by atoms with E-state index in [2.05, 4.69) is 30.2 Å². The average Bonchev–Trinajstić information content (AvgIpc) is 3.51. The molecule has 1 saturated carbocycles. The minimum Gasteiger partial charge on any atom is -0.346 e. The van der Waals surface area contributed by atoms with E-state index in [1.165, 1.54) is 25.7 Å². The summed E-state index contributed by atoms with van der Waals surface area (Å²) < 4.78 is 0. The normalized spacial score (nSPS) is 18.4. The molecule has 0 bridgehead atoms. The van der Waals surface area contributed by atoms with E-state index >= 15 is 0 Å². The number of carbonyl (C=O) groups excluding carboxylic acids is 1. The Balaban J connectivity index is 1.43. The molecular weight excluding hydrogens is 340 g/mol. The highest BCUT2D eigenvalue weighted by Gasteiger charge is 2.29. The Kier molecular flexibility index (Phi) is 5.38. The lowest BCUT2D eigenvalue weighted by molar-refractivity contribution is 0.0947. The SMILES string of the molecule is Cc1ncc(C(=O)NCc2ccncn2)c(C2CCN(CC3CC3)CC2)n1. The summed E-state index contributed by atoms with van der Waals surface area (Å²) in [6.07, 6.45) is 9.71. The number of rotatable bonds is 6. The summed E-state index contributed by atoms with van der Waals surface area (Å²) in [4.78, 5) is 32.3. The van der Waals surface area contributed by atoms with Gasteiger partial charge in [0.2, 0.25) is 0 Å². The summed E-state index contributed by atoms with van der Waals surface area (Å²) in [6, 6.07) is 1.79. The Hall–Kier alpha value is -2.41. The van der Waals surface area contributed by atoms with Gasteiger partial charge in [-0.1, -0.05) is 0 Å². The fraction of sp³-hybridized carbons (Fsp3) is 0.550. The topological polar surface area (TPSA) is 83.9 Å². The number of amides is 1. The van der Waals surface area contributed by atoms with Crippen molar-refractivity contribution < 1.29 is 4.79 Å². The summed E-state index contributed by atoms with van der Waals surface area (Å²) in [5.74, 6) is 1.83. The fourth-order valence-electron chi connectivity index (χ4n) is 3.72. The predicted octanol–water partition coefficient (Wildman–Crippen LogP) is 2.09. The molecule has 0 unspecified atom stereocenters. The Bertz CT molecular complexity index is 784. The third-order valence-electron chi connectivity index (χ3n) is 5.44. The van der Waals surface area contributed by atoms with E-state index in [1.54, 1.807) is 18.5 Å². The molecule has 3 heterocycles. The standard InChI is InChI=1S/C20H26N6O/c1-14-22-11-18(20(27)23-10-17-4-7-21-13-24-17)19(25-14)16-5-8-26(9-6-16)12-15-2-3-15/h4,7,11,13,15-16H,2-3,5-6,8-10,12H2,1H3,(H,23,27). The van der Waals surface area contributed by atoms with Gasteiger partial charge in [-0.15, -0.1) is 0 Å². The highest BCUT2D eigenvalue weighted by molar-refractivity contribution is 5.95. The van der Waals surface area contributed by atoms with Crippen LogP contribution in [0, 0.1) is 12.8 Å². The third kappa shape index (κ3) is 4.66. The molecule has 4 rings (SSSR count). The number of likely N-dealkylation sites (tertiary alicyclic amines) is 1. The lowest BCUT2D eigenvalue weighted by Gasteiger charge is -2.32. The maximum absolute atomic E-state index is 12.8. The van der Waals surface area contributed by atoms with Gasteiger partial charge in [-0.05, 0) is 57.7 Å². The van der Waals surface area contributed by atoms with Crippen LogP contribution in [0.3, 0.4) is 0 Å². The second-order valence-corrected chi connectivity index (χ2v) is 7.62. The number of piperidine rings is 1. The van der Waals surface area contributed by atoms with Crippen LogP contribution in [-0.4, -0.2) is 50.4 Å². The van der Waals surface area contributed by atoms with Crippen molar-refractivity contribution in [1.82, 2.24) is 30.2 Å². The maximum Gasteiger partial charge on any atom is 0.255 e. The quantitative estimate of drug-likeness (QED) is 0.843. The number of aromatic nitrogens is 4. The van der Waals surface area contributed by atoms with Crippen LogP contribution in [0.25, 0.3) is 0 Å². The number of carbonyl (C=O) groups is 1. The zero-order valence-corrected chi connectivity index (χ0v) is 15.8. The van der Waals surface area contributed by atoms with Gasteiger partial charge in [0.25, 0.3) is 5.91 Å². The molecule has 7 heteroatoms. The lowest BCUT2D eigenvalue weighted by Crippen LogP contribution is -2.35.